The molecule has 3 atom stereocenters. The Labute approximate surface area is 335 Å². The van der Waals surface area contributed by atoms with Crippen LogP contribution in [0.2, 0.25) is 0 Å². The monoisotopic (exact) mass is 806 g/mol. The number of hydrogen-bond donors (Lipinski definition) is 1. The number of methoxy groups -OCH3 is 2. The second-order valence-corrected chi connectivity index (χ2v) is 17.9. The Morgan fingerprint density at radius 2 is 1.54 bits per heavy atom. The lowest BCUT2D eigenvalue weighted by Crippen LogP contribution is -2.51. The Kier molecular flexibility index (Phi) is 12.1. The summed E-state index contributed by atoms with van der Waals surface area (Å²) in [6.07, 6.45) is 5.93. The third-order valence-electron chi connectivity index (χ3n) is 11.0. The normalized spacial score (nSPS) is 22.1. The van der Waals surface area contributed by atoms with E-state index in [1.165, 1.54) is 12.0 Å². The van der Waals surface area contributed by atoms with Crippen LogP contribution in [0.5, 0.6) is 23.0 Å². The number of benzene rings is 2. The van der Waals surface area contributed by atoms with E-state index in [1.807, 2.05) is 0 Å². The van der Waals surface area contributed by atoms with Gasteiger partial charge in [0.1, 0.15) is 6.61 Å². The van der Waals surface area contributed by atoms with Gasteiger partial charge in [0.2, 0.25) is 0 Å². The van der Waals surface area contributed by atoms with Crippen molar-refractivity contribution >= 4 is 57.1 Å². The van der Waals surface area contributed by atoms with Crippen molar-refractivity contribution in [3.05, 3.63) is 59.7 Å². The van der Waals surface area contributed by atoms with Crippen LogP contribution in [-0.4, -0.2) is 115 Å². The quantitative estimate of drug-likeness (QED) is 0.111. The minimum Gasteiger partial charge on any atom is -0.493 e. The van der Waals surface area contributed by atoms with Gasteiger partial charge < -0.3 is 38.6 Å². The third-order valence-corrected chi connectivity index (χ3v) is 14.3. The van der Waals surface area contributed by atoms with Crippen LogP contribution in [0.25, 0.3) is 0 Å². The first-order valence-corrected chi connectivity index (χ1v) is 21.5. The van der Waals surface area contributed by atoms with Crippen molar-refractivity contribution in [2.45, 2.75) is 81.3 Å². The minimum atomic E-state index is -1.36. The van der Waals surface area contributed by atoms with Gasteiger partial charge in [0, 0.05) is 37.2 Å². The van der Waals surface area contributed by atoms with E-state index in [4.69, 9.17) is 23.7 Å². The Morgan fingerprint density at radius 1 is 0.893 bits per heavy atom. The molecule has 300 valence electrons. The van der Waals surface area contributed by atoms with Gasteiger partial charge in [-0.1, -0.05) is 59.2 Å². The van der Waals surface area contributed by atoms with Crippen molar-refractivity contribution in [1.29, 1.82) is 0 Å². The van der Waals surface area contributed by atoms with E-state index in [-0.39, 0.29) is 47.0 Å². The van der Waals surface area contributed by atoms with Gasteiger partial charge in [0.15, 0.2) is 29.2 Å². The Balaban J connectivity index is 0.998. The molecule has 4 aliphatic heterocycles. The molecular formula is C41H50N4O9S2. The lowest BCUT2D eigenvalue weighted by Gasteiger charge is -2.40. The first-order chi connectivity index (χ1) is 27.1. The number of carbonyl (C=O) groups is 3. The maximum atomic E-state index is 13.9. The second kappa shape index (κ2) is 17.0. The summed E-state index contributed by atoms with van der Waals surface area (Å²) in [5.41, 5.74) is 3.25. The van der Waals surface area contributed by atoms with E-state index >= 15 is 0 Å². The number of nitrogens with zero attached hydrogens (tertiary/aromatic N) is 4. The highest BCUT2D eigenvalue weighted by molar-refractivity contribution is 8.77. The summed E-state index contributed by atoms with van der Waals surface area (Å²) in [6.45, 7) is 11.9. The first-order valence-electron chi connectivity index (χ1n) is 19.2. The molecule has 3 amide bonds. The van der Waals surface area contributed by atoms with Gasteiger partial charge in [-0.3, -0.25) is 14.6 Å². The Morgan fingerprint density at radius 3 is 2.20 bits per heavy atom. The van der Waals surface area contributed by atoms with Crippen LogP contribution >= 0.6 is 21.6 Å². The van der Waals surface area contributed by atoms with Gasteiger partial charge in [-0.05, 0) is 57.1 Å². The predicted octanol–water partition coefficient (Wildman–Crippen LogP) is 7.19. The first kappa shape index (κ1) is 39.9. The molecule has 1 N–H and O–H groups in total. The third kappa shape index (κ3) is 7.94. The molecular weight excluding hydrogens is 757 g/mol. The van der Waals surface area contributed by atoms with Gasteiger partial charge in [-0.2, -0.15) is 0 Å². The maximum Gasteiger partial charge on any atom is 0.416 e. The number of rotatable bonds is 15. The summed E-state index contributed by atoms with van der Waals surface area (Å²) in [6, 6.07) is 5.84. The van der Waals surface area contributed by atoms with Crippen LogP contribution < -0.4 is 23.8 Å². The highest BCUT2D eigenvalue weighted by Crippen LogP contribution is 2.50. The molecule has 0 spiro atoms. The molecule has 4 heterocycles. The maximum absolute atomic E-state index is 13.9. The molecule has 5 aliphatic rings. The molecule has 1 saturated carbocycles. The van der Waals surface area contributed by atoms with Crippen molar-refractivity contribution < 1.29 is 43.2 Å². The van der Waals surface area contributed by atoms with Crippen LogP contribution in [0.15, 0.2) is 53.6 Å². The van der Waals surface area contributed by atoms with Crippen LogP contribution in [0.1, 0.15) is 79.0 Å². The number of aliphatic hydroxyl groups excluding tert-OH is 1. The molecule has 0 radical (unpaired) electrons. The lowest BCUT2D eigenvalue weighted by molar-refractivity contribution is 0.0475. The van der Waals surface area contributed by atoms with Crippen molar-refractivity contribution in [3.8, 4) is 23.0 Å². The molecule has 2 saturated heterocycles. The zero-order chi connectivity index (χ0) is 39.6. The molecule has 15 heteroatoms. The van der Waals surface area contributed by atoms with Crippen LogP contribution in [-0.2, 0) is 4.74 Å². The molecule has 1 aliphatic carbocycles. The van der Waals surface area contributed by atoms with E-state index in [0.717, 1.165) is 42.6 Å². The molecule has 2 unspecified atom stereocenters. The molecule has 0 aromatic heterocycles. The molecule has 56 heavy (non-hydrogen) atoms. The number of fused-ring (bicyclic) bond motifs is 4. The fourth-order valence-electron chi connectivity index (χ4n) is 7.80. The average molecular weight is 807 g/mol. The SMILES string of the molecule is C=C1CC2C=Nc3cc(OCCCCCOc4cc5c(cc4OC)C(=O)N4CC(=C)C[C@H]4C(O)N5C(=O)OCC4(SSCC)CCC4)c(OC)cc3C(=O)N2C1. The highest BCUT2D eigenvalue weighted by Gasteiger charge is 2.47. The van der Waals surface area contributed by atoms with E-state index in [0.29, 0.717) is 79.7 Å². The minimum absolute atomic E-state index is 0.0998. The van der Waals surface area contributed by atoms with E-state index in [1.54, 1.807) is 69.0 Å². The molecule has 3 fully saturated rings. The number of hydrogen-bond acceptors (Lipinski definition) is 12. The number of carbonyl (C=O) groups excluding carboxylic acids is 3. The molecule has 2 aromatic rings. The number of aliphatic hydroxyl groups is 1. The van der Waals surface area contributed by atoms with Gasteiger partial charge in [0.25, 0.3) is 11.8 Å². The number of anilines is 1. The van der Waals surface area contributed by atoms with E-state index < -0.39 is 18.4 Å². The van der Waals surface area contributed by atoms with Crippen molar-refractivity contribution in [3.63, 3.8) is 0 Å². The summed E-state index contributed by atoms with van der Waals surface area (Å²) < 4.78 is 29.3. The van der Waals surface area contributed by atoms with E-state index in [9.17, 15) is 19.5 Å². The van der Waals surface area contributed by atoms with Crippen molar-refractivity contribution in [2.75, 3.05) is 57.8 Å². The predicted molar refractivity (Wildman–Crippen MR) is 218 cm³/mol. The Hall–Kier alpha value is -4.34. The summed E-state index contributed by atoms with van der Waals surface area (Å²) in [7, 11) is 6.55. The fourth-order valence-corrected chi connectivity index (χ4v) is 10.5. The van der Waals surface area contributed by atoms with Gasteiger partial charge in [-0.25, -0.2) is 9.69 Å². The second-order valence-electron chi connectivity index (χ2n) is 14.8. The van der Waals surface area contributed by atoms with Crippen LogP contribution in [0, 0.1) is 0 Å². The van der Waals surface area contributed by atoms with E-state index in [2.05, 4.69) is 25.1 Å². The summed E-state index contributed by atoms with van der Waals surface area (Å²) in [5, 5.41) is 11.7. The standard InChI is InChI=1S/C41H50N4O9S2/c1-6-55-56-41(11-10-12-41)24-54-40(49)45-31-20-36(34(51-5)18-29(31)38(47)44-23-26(3)16-32(44)39(45)48)53-14-9-7-8-13-52-35-19-30-28(17-33(35)50-4)37(46)43-22-25(2)15-27(43)21-42-30/h17-21,27,32,39,48H,2-3,6-16,22-24H2,1,4-5H3/t27?,32-,39?/m0/s1. The largest absolute Gasteiger partial charge is 0.493 e. The highest BCUT2D eigenvalue weighted by atomic mass is 33.1. The zero-order valence-corrected chi connectivity index (χ0v) is 33.9. The van der Waals surface area contributed by atoms with Crippen LogP contribution in [0.4, 0.5) is 16.2 Å². The van der Waals surface area contributed by atoms with Crippen LogP contribution in [0.3, 0.4) is 0 Å². The van der Waals surface area contributed by atoms with Gasteiger partial charge >= 0.3 is 6.09 Å². The topological polar surface area (TPSA) is 140 Å². The molecule has 13 nitrogen and oxygen atoms in total. The zero-order valence-electron chi connectivity index (χ0n) is 32.3. The smallest absolute Gasteiger partial charge is 0.416 e. The number of ether oxygens (including phenoxy) is 5. The molecule has 2 aromatic carbocycles. The van der Waals surface area contributed by atoms with Crippen molar-refractivity contribution in [1.82, 2.24) is 9.80 Å². The average Bonchev–Trinajstić information content (AvgIpc) is 3.71. The fraction of sp³-hybridized carbons (Fsp3) is 0.512. The van der Waals surface area contributed by atoms with Gasteiger partial charge in [-0.15, -0.1) is 0 Å². The molecule has 7 rings (SSSR count). The molecule has 0 bridgehead atoms. The number of unbranched alkanes of at least 4 members (excludes halogenated alkanes) is 2. The lowest BCUT2D eigenvalue weighted by atomic mass is 9.85. The van der Waals surface area contributed by atoms with Gasteiger partial charge in [0.05, 0.1) is 66.8 Å². The summed E-state index contributed by atoms with van der Waals surface area (Å²) >= 11 is 0. The number of amides is 3. The summed E-state index contributed by atoms with van der Waals surface area (Å²) in [4.78, 5) is 50.3. The van der Waals surface area contributed by atoms with Crippen molar-refractivity contribution in [2.24, 2.45) is 4.99 Å². The number of aliphatic imine (C=N–C) groups is 1. The Bertz CT molecular complexity index is 1920. The summed E-state index contributed by atoms with van der Waals surface area (Å²) in [5.74, 6) is 2.17.